The number of nitrogens with zero attached hydrogens (tertiary/aromatic N) is 3. The van der Waals surface area contributed by atoms with Crippen molar-refractivity contribution in [2.24, 2.45) is 0 Å². The van der Waals surface area contributed by atoms with Gasteiger partial charge in [-0.3, -0.25) is 4.79 Å². The van der Waals surface area contributed by atoms with E-state index in [4.69, 9.17) is 38.5 Å². The van der Waals surface area contributed by atoms with Gasteiger partial charge in [0.1, 0.15) is 5.75 Å². The Bertz CT molecular complexity index is 590. The number of carbonyl (C=O) groups is 1. The Hall–Kier alpha value is -1.95. The van der Waals surface area contributed by atoms with Gasteiger partial charge in [0, 0.05) is 18.1 Å². The highest BCUT2D eigenvalue weighted by Crippen LogP contribution is 2.28. The lowest BCUT2D eigenvalue weighted by molar-refractivity contribution is -0.137. The Morgan fingerprint density at radius 1 is 1.27 bits per heavy atom. The molecule has 0 spiro atoms. The second kappa shape index (κ2) is 9.15. The molecule has 0 bridgehead atoms. The van der Waals surface area contributed by atoms with Crippen LogP contribution in [0.5, 0.6) is 5.75 Å². The van der Waals surface area contributed by atoms with Crippen molar-refractivity contribution in [1.29, 1.82) is 10.5 Å². The summed E-state index contributed by atoms with van der Waals surface area (Å²) in [5.74, 6) is 0.0592. The van der Waals surface area contributed by atoms with E-state index in [1.54, 1.807) is 19.1 Å². The predicted octanol–water partition coefficient (Wildman–Crippen LogP) is 3.42. The van der Waals surface area contributed by atoms with Gasteiger partial charge in [-0.05, 0) is 25.1 Å². The molecule has 22 heavy (non-hydrogen) atoms. The van der Waals surface area contributed by atoms with Crippen molar-refractivity contribution in [2.75, 3.05) is 13.1 Å². The highest BCUT2D eigenvalue weighted by molar-refractivity contribution is 6.35. The third-order valence-electron chi connectivity index (χ3n) is 2.84. The summed E-state index contributed by atoms with van der Waals surface area (Å²) in [6, 6.07) is 8.69. The second-order valence-electron chi connectivity index (χ2n) is 4.48. The van der Waals surface area contributed by atoms with Crippen molar-refractivity contribution >= 4 is 29.1 Å². The molecule has 0 fully saturated rings. The maximum atomic E-state index is 12.4. The van der Waals surface area contributed by atoms with Crippen LogP contribution in [0.1, 0.15) is 19.8 Å². The quantitative estimate of drug-likeness (QED) is 0.762. The van der Waals surface area contributed by atoms with Gasteiger partial charge in [-0.15, -0.1) is 0 Å². The topological polar surface area (TPSA) is 77.1 Å². The van der Waals surface area contributed by atoms with Gasteiger partial charge in [-0.1, -0.05) is 23.2 Å². The average molecular weight is 340 g/mol. The minimum Gasteiger partial charge on any atom is -0.479 e. The molecule has 0 aliphatic rings. The summed E-state index contributed by atoms with van der Waals surface area (Å²) >= 11 is 11.8. The number of benzene rings is 1. The van der Waals surface area contributed by atoms with Crippen molar-refractivity contribution in [3.05, 3.63) is 28.2 Å². The molecule has 7 heteroatoms. The minimum atomic E-state index is -0.781. The van der Waals surface area contributed by atoms with Crippen LogP contribution in [0.15, 0.2) is 18.2 Å². The molecule has 0 heterocycles. The fourth-order valence-corrected chi connectivity index (χ4v) is 2.22. The zero-order chi connectivity index (χ0) is 16.5. The summed E-state index contributed by atoms with van der Waals surface area (Å²) in [5, 5.41) is 18.1. The molecule has 1 aromatic carbocycles. The van der Waals surface area contributed by atoms with Gasteiger partial charge in [-0.25, -0.2) is 0 Å². The van der Waals surface area contributed by atoms with E-state index in [0.717, 1.165) is 0 Å². The molecule has 5 nitrogen and oxygen atoms in total. The van der Waals surface area contributed by atoms with Gasteiger partial charge in [0.2, 0.25) is 0 Å². The average Bonchev–Trinajstić information content (AvgIpc) is 2.49. The number of halogens is 2. The zero-order valence-corrected chi connectivity index (χ0v) is 13.6. The number of hydrogen-bond acceptors (Lipinski definition) is 4. The molecule has 1 unspecified atom stereocenters. The van der Waals surface area contributed by atoms with E-state index >= 15 is 0 Å². The standard InChI is InChI=1S/C15H15Cl2N3O2/c1-11(22-14-5-4-12(16)10-13(14)17)15(21)20(8-2-6-18)9-3-7-19/h4-5,10-11H,2-3,8-9H2,1H3. The molecule has 0 aliphatic carbocycles. The number of ether oxygens (including phenoxy) is 1. The Morgan fingerprint density at radius 2 is 1.86 bits per heavy atom. The van der Waals surface area contributed by atoms with Crippen LogP contribution in [0.3, 0.4) is 0 Å². The first-order valence-electron chi connectivity index (χ1n) is 6.64. The van der Waals surface area contributed by atoms with Crippen LogP contribution in [-0.4, -0.2) is 30.0 Å². The minimum absolute atomic E-state index is 0.200. The lowest BCUT2D eigenvalue weighted by atomic mass is 10.2. The van der Waals surface area contributed by atoms with E-state index in [9.17, 15) is 4.79 Å². The summed E-state index contributed by atoms with van der Waals surface area (Å²) in [6.07, 6.45) is -0.381. The zero-order valence-electron chi connectivity index (χ0n) is 12.1. The lowest BCUT2D eigenvalue weighted by Gasteiger charge is -2.24. The smallest absolute Gasteiger partial charge is 0.263 e. The van der Waals surface area contributed by atoms with Gasteiger partial charge in [-0.2, -0.15) is 10.5 Å². The fourth-order valence-electron chi connectivity index (χ4n) is 1.77. The highest BCUT2D eigenvalue weighted by Gasteiger charge is 2.22. The van der Waals surface area contributed by atoms with Crippen LogP contribution in [-0.2, 0) is 4.79 Å². The summed E-state index contributed by atoms with van der Waals surface area (Å²) < 4.78 is 5.56. The monoisotopic (exact) mass is 339 g/mol. The number of nitriles is 2. The predicted molar refractivity (Wildman–Crippen MR) is 83.6 cm³/mol. The second-order valence-corrected chi connectivity index (χ2v) is 5.32. The largest absolute Gasteiger partial charge is 0.479 e. The molecule has 1 amide bonds. The molecule has 0 saturated carbocycles. The number of rotatable bonds is 7. The van der Waals surface area contributed by atoms with E-state index in [-0.39, 0.29) is 31.8 Å². The van der Waals surface area contributed by atoms with Crippen LogP contribution in [0.4, 0.5) is 0 Å². The van der Waals surface area contributed by atoms with Gasteiger partial charge >= 0.3 is 0 Å². The van der Waals surface area contributed by atoms with Gasteiger partial charge < -0.3 is 9.64 Å². The van der Waals surface area contributed by atoms with Crippen LogP contribution in [0.25, 0.3) is 0 Å². The Kier molecular flexibility index (Phi) is 7.52. The highest BCUT2D eigenvalue weighted by atomic mass is 35.5. The molecule has 0 aromatic heterocycles. The molecule has 0 radical (unpaired) electrons. The molecule has 0 saturated heterocycles. The summed E-state index contributed by atoms with van der Waals surface area (Å²) in [4.78, 5) is 13.8. The summed E-state index contributed by atoms with van der Waals surface area (Å²) in [7, 11) is 0. The number of amides is 1. The summed E-state index contributed by atoms with van der Waals surface area (Å²) in [5.41, 5.74) is 0. The Balaban J connectivity index is 2.75. The maximum Gasteiger partial charge on any atom is 0.263 e. The lowest BCUT2D eigenvalue weighted by Crippen LogP contribution is -2.41. The van der Waals surface area contributed by atoms with Crippen LogP contribution in [0.2, 0.25) is 10.0 Å². The molecule has 116 valence electrons. The first-order chi connectivity index (χ1) is 10.5. The first-order valence-corrected chi connectivity index (χ1v) is 7.39. The van der Waals surface area contributed by atoms with Crippen molar-refractivity contribution in [2.45, 2.75) is 25.9 Å². The number of hydrogen-bond donors (Lipinski definition) is 0. The first kappa shape index (κ1) is 18.1. The van der Waals surface area contributed by atoms with Crippen LogP contribution >= 0.6 is 23.2 Å². The van der Waals surface area contributed by atoms with E-state index in [2.05, 4.69) is 0 Å². The molecule has 1 rings (SSSR count). The molecule has 1 aromatic rings. The van der Waals surface area contributed by atoms with Gasteiger partial charge in [0.05, 0.1) is 30.0 Å². The molecular formula is C15H15Cl2N3O2. The maximum absolute atomic E-state index is 12.4. The van der Waals surface area contributed by atoms with E-state index in [0.29, 0.717) is 15.8 Å². The van der Waals surface area contributed by atoms with Crippen LogP contribution in [0, 0.1) is 22.7 Å². The SMILES string of the molecule is CC(Oc1ccc(Cl)cc1Cl)C(=O)N(CCC#N)CCC#N. The number of carbonyl (C=O) groups excluding carboxylic acids is 1. The molecule has 1 atom stereocenters. The third-order valence-corrected chi connectivity index (χ3v) is 3.37. The molecule has 0 N–H and O–H groups in total. The van der Waals surface area contributed by atoms with Crippen molar-refractivity contribution in [3.63, 3.8) is 0 Å². The van der Waals surface area contributed by atoms with E-state index in [1.807, 2.05) is 12.1 Å². The van der Waals surface area contributed by atoms with Crippen LogP contribution < -0.4 is 4.74 Å². The Morgan fingerprint density at radius 3 is 2.36 bits per heavy atom. The van der Waals surface area contributed by atoms with E-state index in [1.165, 1.54) is 11.0 Å². The molecular weight excluding hydrogens is 325 g/mol. The van der Waals surface area contributed by atoms with Crippen molar-refractivity contribution in [1.82, 2.24) is 4.90 Å². The van der Waals surface area contributed by atoms with E-state index < -0.39 is 6.10 Å². The Labute approximate surface area is 139 Å². The fraction of sp³-hybridized carbons (Fsp3) is 0.400. The van der Waals surface area contributed by atoms with Crippen molar-refractivity contribution in [3.8, 4) is 17.9 Å². The normalized spacial score (nSPS) is 11.1. The molecule has 0 aliphatic heterocycles. The van der Waals surface area contributed by atoms with Gasteiger partial charge in [0.25, 0.3) is 5.91 Å². The third kappa shape index (κ3) is 5.44. The summed E-state index contributed by atoms with van der Waals surface area (Å²) in [6.45, 7) is 2.12. The van der Waals surface area contributed by atoms with Crippen molar-refractivity contribution < 1.29 is 9.53 Å². The van der Waals surface area contributed by atoms with Gasteiger partial charge in [0.15, 0.2) is 6.10 Å².